The van der Waals surface area contributed by atoms with Crippen LogP contribution in [-0.2, 0) is 20.4 Å². The number of benzene rings is 4. The van der Waals surface area contributed by atoms with E-state index in [1.54, 1.807) is 5.20 Å². The summed E-state index contributed by atoms with van der Waals surface area (Å²) in [6.07, 6.45) is 3.43. The van der Waals surface area contributed by atoms with Gasteiger partial charge in [0.1, 0.15) is 0 Å². The maximum absolute atomic E-state index is 2.45. The van der Waals surface area contributed by atoms with Crippen molar-refractivity contribution in [2.75, 3.05) is 0 Å². The van der Waals surface area contributed by atoms with Gasteiger partial charge in [0.15, 0.2) is 0 Å². The molecule has 0 bridgehead atoms. The van der Waals surface area contributed by atoms with Crippen LogP contribution in [0.1, 0.15) is 12.0 Å². The van der Waals surface area contributed by atoms with Crippen LogP contribution in [0.25, 0.3) is 5.57 Å². The Labute approximate surface area is 233 Å². The van der Waals surface area contributed by atoms with Gasteiger partial charge in [-0.1, -0.05) is 0 Å². The molecule has 34 heavy (non-hydrogen) atoms. The second kappa shape index (κ2) is 12.7. The third-order valence-electron chi connectivity index (χ3n) is 6.22. The molecule has 0 N–H and O–H groups in total. The van der Waals surface area contributed by atoms with Gasteiger partial charge in [0.25, 0.3) is 0 Å². The van der Waals surface area contributed by atoms with Crippen LogP contribution in [-0.4, -0.2) is 8.07 Å². The molecule has 0 atom stereocenters. The van der Waals surface area contributed by atoms with Gasteiger partial charge in [-0.15, -0.1) is 0 Å². The summed E-state index contributed by atoms with van der Waals surface area (Å²) in [7, 11) is -2.45. The molecule has 1 aliphatic carbocycles. The van der Waals surface area contributed by atoms with E-state index < -0.39 is 8.07 Å². The van der Waals surface area contributed by atoms with Crippen molar-refractivity contribution < 1.29 is 57.7 Å². The predicted octanol–water partition coefficient (Wildman–Crippen LogP) is -4.00. The van der Waals surface area contributed by atoms with Crippen molar-refractivity contribution in [1.29, 1.82) is 0 Å². The SMILES string of the molecule is [Cl-].[Cl-].[Cl-].[Ti+3][C]1=CCC([Si](c2ccccc2)(c2ccccc2)c2ccccc2)=C1c1ccccc1. The first kappa shape index (κ1) is 28.4. The normalized spacial score (nSPS) is 12.7. The van der Waals surface area contributed by atoms with Crippen LogP contribution in [0.3, 0.4) is 0 Å². The minimum absolute atomic E-state index is 0. The van der Waals surface area contributed by atoms with Crippen molar-refractivity contribution in [3.8, 4) is 0 Å². The minimum atomic E-state index is -2.45. The van der Waals surface area contributed by atoms with Crippen LogP contribution in [0.15, 0.2) is 136 Å². The van der Waals surface area contributed by atoms with Crippen LogP contribution in [0.4, 0.5) is 0 Å². The molecule has 4 aromatic rings. The van der Waals surface area contributed by atoms with E-state index in [1.807, 2.05) is 0 Å². The Balaban J connectivity index is 0.00000136. The average molecular weight is 554 g/mol. The fraction of sp³-hybridized carbons (Fsp3) is 0.0345. The zero-order valence-corrected chi connectivity index (χ0v) is 23.3. The van der Waals surface area contributed by atoms with Gasteiger partial charge in [0.05, 0.1) is 0 Å². The van der Waals surface area contributed by atoms with Crippen molar-refractivity contribution in [3.63, 3.8) is 0 Å². The zero-order chi connectivity index (χ0) is 21.1. The summed E-state index contributed by atoms with van der Waals surface area (Å²) in [5.74, 6) is 0. The summed E-state index contributed by atoms with van der Waals surface area (Å²) in [5, 5.41) is 5.91. The number of allylic oxidation sites excluding steroid dienone is 4. The monoisotopic (exact) mass is 552 g/mol. The average Bonchev–Trinajstić information content (AvgIpc) is 3.24. The number of hydrogen-bond acceptors (Lipinski definition) is 0. The first-order chi connectivity index (χ1) is 15.3. The van der Waals surface area contributed by atoms with Crippen molar-refractivity contribution in [1.82, 2.24) is 0 Å². The van der Waals surface area contributed by atoms with E-state index in [4.69, 9.17) is 0 Å². The van der Waals surface area contributed by atoms with Crippen molar-refractivity contribution in [3.05, 3.63) is 142 Å². The summed E-state index contributed by atoms with van der Waals surface area (Å²) >= 11 is 2.27. The quantitative estimate of drug-likeness (QED) is 0.175. The summed E-state index contributed by atoms with van der Waals surface area (Å²) in [6, 6.07) is 44.6. The molecule has 4 aromatic carbocycles. The molecule has 0 saturated carbocycles. The van der Waals surface area contributed by atoms with Crippen LogP contribution < -0.4 is 52.8 Å². The van der Waals surface area contributed by atoms with Crippen LogP contribution in [0, 0.1) is 0 Å². The van der Waals surface area contributed by atoms with Crippen LogP contribution in [0.5, 0.6) is 0 Å². The standard InChI is InChI=1S/C29H23Si.3ClH.Ti/c1-5-14-24(15-6-1)28-22-13-23-29(28)30(25-16-7-2-8-17-25,26-18-9-3-10-19-26)27-20-11-4-12-21-27;;;;/h1-21H,23H2;3*1H;/q;;;;+3/p-3. The van der Waals surface area contributed by atoms with Gasteiger partial charge in [-0.3, -0.25) is 0 Å². The topological polar surface area (TPSA) is 0 Å². The molecule has 0 saturated heterocycles. The van der Waals surface area contributed by atoms with E-state index in [9.17, 15) is 0 Å². The predicted molar refractivity (Wildman–Crippen MR) is 130 cm³/mol. The molecule has 5 rings (SSSR count). The fourth-order valence-corrected chi connectivity index (χ4v) is 10.9. The van der Waals surface area contributed by atoms with Crippen molar-refractivity contribution >= 4 is 29.2 Å². The van der Waals surface area contributed by atoms with Crippen molar-refractivity contribution in [2.24, 2.45) is 0 Å². The molecule has 0 aromatic heterocycles. The Morgan fingerprint density at radius 3 is 1.24 bits per heavy atom. The molecular weight excluding hydrogens is 531 g/mol. The molecule has 0 fully saturated rings. The molecular formula is C29H23Cl3SiTi. The van der Waals surface area contributed by atoms with Crippen LogP contribution >= 0.6 is 0 Å². The Kier molecular flexibility index (Phi) is 10.6. The zero-order valence-electron chi connectivity index (χ0n) is 18.5. The third-order valence-corrected chi connectivity index (χ3v) is 11.9. The van der Waals surface area contributed by atoms with Gasteiger partial charge in [0.2, 0.25) is 0 Å². The van der Waals surface area contributed by atoms with Gasteiger partial charge in [-0.2, -0.15) is 0 Å². The summed E-state index contributed by atoms with van der Waals surface area (Å²) in [6.45, 7) is 0. The van der Waals surface area contributed by atoms with E-state index >= 15 is 0 Å². The van der Waals surface area contributed by atoms with E-state index in [2.05, 4.69) is 148 Å². The number of hydrogen-bond donors (Lipinski definition) is 0. The molecule has 0 spiro atoms. The Morgan fingerprint density at radius 2 is 0.853 bits per heavy atom. The Hall–Kier alpha value is -1.84. The summed E-state index contributed by atoms with van der Waals surface area (Å²) in [5.41, 5.74) is 2.76. The fourth-order valence-electron chi connectivity index (χ4n) is 4.93. The first-order valence-corrected chi connectivity index (χ1v) is 13.5. The number of halogens is 3. The molecule has 1 aliphatic rings. The molecule has 5 heteroatoms. The van der Waals surface area contributed by atoms with E-state index in [0.717, 1.165) is 6.42 Å². The van der Waals surface area contributed by atoms with Gasteiger partial charge in [-0.05, 0) is 0 Å². The molecule has 0 aliphatic heterocycles. The second-order valence-corrected chi connectivity index (χ2v) is 12.6. The maximum atomic E-state index is 2.42. The first-order valence-electron chi connectivity index (χ1n) is 10.7. The van der Waals surface area contributed by atoms with Gasteiger partial charge in [0, 0.05) is 0 Å². The molecule has 0 unspecified atom stereocenters. The third kappa shape index (κ3) is 5.06. The second-order valence-electron chi connectivity index (χ2n) is 7.89. The van der Waals surface area contributed by atoms with E-state index in [1.165, 1.54) is 30.6 Å². The molecule has 0 amide bonds. The Bertz CT molecular complexity index is 1150. The number of rotatable bonds is 5. The van der Waals surface area contributed by atoms with Crippen molar-refractivity contribution in [2.45, 2.75) is 6.42 Å². The van der Waals surface area contributed by atoms with E-state index in [-0.39, 0.29) is 37.2 Å². The Morgan fingerprint density at radius 1 is 0.500 bits per heavy atom. The van der Waals surface area contributed by atoms with Gasteiger partial charge < -0.3 is 37.2 Å². The van der Waals surface area contributed by atoms with E-state index in [0.29, 0.717) is 0 Å². The molecule has 0 radical (unpaired) electrons. The van der Waals surface area contributed by atoms with Gasteiger partial charge >= 0.3 is 198 Å². The summed E-state index contributed by atoms with van der Waals surface area (Å²) in [4.78, 5) is 0. The van der Waals surface area contributed by atoms with Gasteiger partial charge in [-0.25, -0.2) is 0 Å². The molecule has 0 heterocycles. The van der Waals surface area contributed by atoms with Crippen LogP contribution in [0.2, 0.25) is 0 Å². The summed E-state index contributed by atoms with van der Waals surface area (Å²) < 4.78 is 1.39. The molecule has 168 valence electrons. The molecule has 0 nitrogen and oxygen atoms in total.